The maximum atomic E-state index is 13.2. The minimum atomic E-state index is 0.254. The standard InChI is InChI=1S/C24H44O2/c1-19(13-14-21-9-5-3-6-10-21)18-24(26)23(17-20(2)15-16-25)22-11-7-4-8-12-22/h19-23,25H,3-18H2,1-2H3. The summed E-state index contributed by atoms with van der Waals surface area (Å²) >= 11 is 0. The van der Waals surface area contributed by atoms with Crippen LogP contribution in [0.2, 0.25) is 0 Å². The predicted octanol–water partition coefficient (Wildman–Crippen LogP) is 6.55. The van der Waals surface area contributed by atoms with Gasteiger partial charge in [0.05, 0.1) is 0 Å². The van der Waals surface area contributed by atoms with Gasteiger partial charge >= 0.3 is 0 Å². The Kier molecular flexibility index (Phi) is 10.3. The molecule has 2 fully saturated rings. The Bertz CT molecular complexity index is 380. The highest BCUT2D eigenvalue weighted by atomic mass is 16.3. The number of Topliss-reactive ketones (excluding diaryl/α,β-unsaturated/α-hetero) is 1. The van der Waals surface area contributed by atoms with Crippen molar-refractivity contribution in [3.8, 4) is 0 Å². The molecule has 3 unspecified atom stereocenters. The molecule has 26 heavy (non-hydrogen) atoms. The molecule has 0 aromatic rings. The van der Waals surface area contributed by atoms with Crippen molar-refractivity contribution in [3.05, 3.63) is 0 Å². The zero-order valence-corrected chi connectivity index (χ0v) is 17.6. The van der Waals surface area contributed by atoms with E-state index in [-0.39, 0.29) is 12.5 Å². The minimum Gasteiger partial charge on any atom is -0.396 e. The van der Waals surface area contributed by atoms with Crippen LogP contribution in [0.1, 0.15) is 110 Å². The fraction of sp³-hybridized carbons (Fsp3) is 0.958. The molecule has 0 amide bonds. The van der Waals surface area contributed by atoms with Crippen LogP contribution in [0.25, 0.3) is 0 Å². The summed E-state index contributed by atoms with van der Waals surface area (Å²) in [5, 5.41) is 9.25. The van der Waals surface area contributed by atoms with E-state index in [1.807, 2.05) is 0 Å². The lowest BCUT2D eigenvalue weighted by atomic mass is 9.72. The average molecular weight is 365 g/mol. The van der Waals surface area contributed by atoms with E-state index in [4.69, 9.17) is 0 Å². The van der Waals surface area contributed by atoms with E-state index >= 15 is 0 Å². The van der Waals surface area contributed by atoms with Gasteiger partial charge in [-0.25, -0.2) is 0 Å². The molecule has 2 heteroatoms. The van der Waals surface area contributed by atoms with E-state index < -0.39 is 0 Å². The van der Waals surface area contributed by atoms with Gasteiger partial charge in [0.2, 0.25) is 0 Å². The smallest absolute Gasteiger partial charge is 0.136 e. The number of rotatable bonds is 11. The van der Waals surface area contributed by atoms with Crippen molar-refractivity contribution in [2.45, 2.75) is 110 Å². The number of carbonyl (C=O) groups is 1. The summed E-state index contributed by atoms with van der Waals surface area (Å²) in [7, 11) is 0. The van der Waals surface area contributed by atoms with E-state index in [0.29, 0.717) is 23.5 Å². The monoisotopic (exact) mass is 364 g/mol. The number of carbonyl (C=O) groups excluding carboxylic acids is 1. The molecule has 152 valence electrons. The second-order valence-corrected chi connectivity index (χ2v) is 9.71. The molecule has 2 nitrogen and oxygen atoms in total. The first-order chi connectivity index (χ1) is 12.6. The first-order valence-corrected chi connectivity index (χ1v) is 11.7. The maximum absolute atomic E-state index is 13.2. The van der Waals surface area contributed by atoms with Crippen LogP contribution in [0.5, 0.6) is 0 Å². The molecule has 0 aromatic carbocycles. The van der Waals surface area contributed by atoms with Crippen LogP contribution < -0.4 is 0 Å². The van der Waals surface area contributed by atoms with E-state index in [1.165, 1.54) is 77.0 Å². The molecule has 0 saturated heterocycles. The number of aliphatic hydroxyl groups excluding tert-OH is 1. The van der Waals surface area contributed by atoms with Crippen molar-refractivity contribution in [2.75, 3.05) is 6.61 Å². The first kappa shape index (κ1) is 21.9. The van der Waals surface area contributed by atoms with Crippen molar-refractivity contribution < 1.29 is 9.90 Å². The number of aliphatic hydroxyl groups is 1. The van der Waals surface area contributed by atoms with Crippen LogP contribution in [0, 0.1) is 29.6 Å². The highest BCUT2D eigenvalue weighted by Gasteiger charge is 2.31. The second kappa shape index (κ2) is 12.2. The fourth-order valence-electron chi connectivity index (χ4n) is 5.49. The molecule has 2 saturated carbocycles. The van der Waals surface area contributed by atoms with E-state index in [0.717, 1.165) is 25.2 Å². The normalized spacial score (nSPS) is 23.5. The van der Waals surface area contributed by atoms with Crippen LogP contribution in [-0.4, -0.2) is 17.5 Å². The molecule has 2 aliphatic carbocycles. The summed E-state index contributed by atoms with van der Waals surface area (Å²) in [6, 6.07) is 0. The largest absolute Gasteiger partial charge is 0.396 e. The summed E-state index contributed by atoms with van der Waals surface area (Å²) in [6.45, 7) is 4.77. The Hall–Kier alpha value is -0.370. The Morgan fingerprint density at radius 1 is 0.885 bits per heavy atom. The maximum Gasteiger partial charge on any atom is 0.136 e. The molecule has 0 bridgehead atoms. The van der Waals surface area contributed by atoms with Crippen molar-refractivity contribution in [1.29, 1.82) is 0 Å². The summed E-state index contributed by atoms with van der Waals surface area (Å²) in [6.07, 6.45) is 18.8. The molecule has 1 N–H and O–H groups in total. The molecule has 0 aliphatic heterocycles. The van der Waals surface area contributed by atoms with Crippen LogP contribution in [0.4, 0.5) is 0 Å². The van der Waals surface area contributed by atoms with Gasteiger partial charge < -0.3 is 5.11 Å². The Morgan fingerprint density at radius 3 is 2.12 bits per heavy atom. The predicted molar refractivity (Wildman–Crippen MR) is 110 cm³/mol. The topological polar surface area (TPSA) is 37.3 Å². The van der Waals surface area contributed by atoms with Crippen molar-refractivity contribution in [2.24, 2.45) is 29.6 Å². The van der Waals surface area contributed by atoms with E-state index in [2.05, 4.69) is 13.8 Å². The third kappa shape index (κ3) is 7.71. The van der Waals surface area contributed by atoms with Gasteiger partial charge in [-0.1, -0.05) is 78.1 Å². The second-order valence-electron chi connectivity index (χ2n) is 9.71. The van der Waals surface area contributed by atoms with Gasteiger partial charge in [0.15, 0.2) is 0 Å². The van der Waals surface area contributed by atoms with Gasteiger partial charge in [0.25, 0.3) is 0 Å². The first-order valence-electron chi connectivity index (χ1n) is 11.7. The summed E-state index contributed by atoms with van der Waals surface area (Å²) in [5.74, 6) is 3.35. The van der Waals surface area contributed by atoms with Gasteiger partial charge in [-0.3, -0.25) is 4.79 Å². The Morgan fingerprint density at radius 2 is 1.50 bits per heavy atom. The van der Waals surface area contributed by atoms with Crippen LogP contribution in [-0.2, 0) is 4.79 Å². The van der Waals surface area contributed by atoms with Crippen LogP contribution in [0.15, 0.2) is 0 Å². The van der Waals surface area contributed by atoms with Gasteiger partial charge in [-0.2, -0.15) is 0 Å². The van der Waals surface area contributed by atoms with E-state index in [1.54, 1.807) is 0 Å². The van der Waals surface area contributed by atoms with Crippen molar-refractivity contribution >= 4 is 5.78 Å². The Labute approximate surface area is 162 Å². The SMILES string of the molecule is CC(CCC1CCCCC1)CC(=O)C(CC(C)CCO)C1CCCCC1. The van der Waals surface area contributed by atoms with Gasteiger partial charge in [-0.05, 0) is 49.4 Å². The molecular formula is C24H44O2. The fourth-order valence-corrected chi connectivity index (χ4v) is 5.49. The lowest BCUT2D eigenvalue weighted by Crippen LogP contribution is -2.29. The number of ketones is 1. The summed E-state index contributed by atoms with van der Waals surface area (Å²) in [5.41, 5.74) is 0. The molecule has 3 atom stereocenters. The van der Waals surface area contributed by atoms with Crippen molar-refractivity contribution in [3.63, 3.8) is 0 Å². The average Bonchev–Trinajstić information content (AvgIpc) is 2.66. The molecule has 2 aliphatic rings. The third-order valence-corrected chi connectivity index (χ3v) is 7.25. The van der Waals surface area contributed by atoms with Crippen molar-refractivity contribution in [1.82, 2.24) is 0 Å². The number of hydrogen-bond acceptors (Lipinski definition) is 2. The molecular weight excluding hydrogens is 320 g/mol. The molecule has 0 aromatic heterocycles. The summed E-state index contributed by atoms with van der Waals surface area (Å²) < 4.78 is 0. The third-order valence-electron chi connectivity index (χ3n) is 7.25. The lowest BCUT2D eigenvalue weighted by Gasteiger charge is -2.32. The molecule has 0 spiro atoms. The number of hydrogen-bond donors (Lipinski definition) is 1. The van der Waals surface area contributed by atoms with Crippen LogP contribution >= 0.6 is 0 Å². The zero-order valence-electron chi connectivity index (χ0n) is 17.6. The quantitative estimate of drug-likeness (QED) is 0.451. The highest BCUT2D eigenvalue weighted by Crippen LogP contribution is 2.36. The van der Waals surface area contributed by atoms with Gasteiger partial charge in [0, 0.05) is 18.9 Å². The highest BCUT2D eigenvalue weighted by molar-refractivity contribution is 5.81. The van der Waals surface area contributed by atoms with Gasteiger partial charge in [0.1, 0.15) is 5.78 Å². The van der Waals surface area contributed by atoms with E-state index in [9.17, 15) is 9.90 Å². The Balaban J connectivity index is 1.82. The molecule has 0 heterocycles. The molecule has 2 rings (SSSR count). The minimum absolute atomic E-state index is 0.254. The molecule has 0 radical (unpaired) electrons. The van der Waals surface area contributed by atoms with Crippen LogP contribution in [0.3, 0.4) is 0 Å². The zero-order chi connectivity index (χ0) is 18.8. The lowest BCUT2D eigenvalue weighted by molar-refractivity contribution is -0.126. The van der Waals surface area contributed by atoms with Gasteiger partial charge in [-0.15, -0.1) is 0 Å². The summed E-state index contributed by atoms with van der Waals surface area (Å²) in [4.78, 5) is 13.2.